The lowest BCUT2D eigenvalue weighted by Crippen LogP contribution is -2.34. The molecule has 0 spiro atoms. The van der Waals surface area contributed by atoms with Crippen LogP contribution in [0, 0.1) is 0 Å². The normalized spacial score (nSPS) is 19.8. The summed E-state index contributed by atoms with van der Waals surface area (Å²) in [5.41, 5.74) is 1.30. The van der Waals surface area contributed by atoms with E-state index in [1.807, 2.05) is 19.1 Å². The molecule has 0 amide bonds. The Kier molecular flexibility index (Phi) is 5.33. The van der Waals surface area contributed by atoms with Crippen molar-refractivity contribution in [1.29, 1.82) is 0 Å². The summed E-state index contributed by atoms with van der Waals surface area (Å²) in [6.45, 7) is 3.80. The van der Waals surface area contributed by atoms with E-state index < -0.39 is 0 Å². The second-order valence-electron chi connectivity index (χ2n) is 4.88. The summed E-state index contributed by atoms with van der Waals surface area (Å²) in [4.78, 5) is 0. The van der Waals surface area contributed by atoms with Crippen molar-refractivity contribution in [3.63, 3.8) is 0 Å². The van der Waals surface area contributed by atoms with Crippen LogP contribution < -0.4 is 10.1 Å². The molecular weight excluding hydrogens is 246 g/mol. The number of halogens is 1. The zero-order valence-corrected chi connectivity index (χ0v) is 11.8. The molecule has 18 heavy (non-hydrogen) atoms. The van der Waals surface area contributed by atoms with Crippen molar-refractivity contribution in [3.8, 4) is 5.75 Å². The van der Waals surface area contributed by atoms with Gasteiger partial charge in [-0.25, -0.2) is 0 Å². The Bertz CT molecular complexity index is 375. The van der Waals surface area contributed by atoms with Crippen molar-refractivity contribution in [2.24, 2.45) is 0 Å². The van der Waals surface area contributed by atoms with Crippen molar-refractivity contribution < 1.29 is 4.74 Å². The van der Waals surface area contributed by atoms with Crippen molar-refractivity contribution >= 4 is 11.6 Å². The molecule has 2 nitrogen and oxygen atoms in total. The van der Waals surface area contributed by atoms with Gasteiger partial charge in [-0.15, -0.1) is 0 Å². The van der Waals surface area contributed by atoms with Gasteiger partial charge in [0.05, 0.1) is 11.6 Å². The molecule has 0 bridgehead atoms. The van der Waals surface area contributed by atoms with E-state index in [0.29, 0.717) is 12.6 Å². The fourth-order valence-corrected chi connectivity index (χ4v) is 2.74. The number of rotatable bonds is 5. The highest BCUT2D eigenvalue weighted by Gasteiger charge is 2.12. The van der Waals surface area contributed by atoms with E-state index >= 15 is 0 Å². The second-order valence-corrected chi connectivity index (χ2v) is 5.29. The standard InChI is InChI=1S/C15H22ClNO/c1-2-18-15-9-7-12(11-14(15)16)6-8-13-5-3-4-10-17-13/h7,9,11,13,17H,2-6,8,10H2,1H3. The van der Waals surface area contributed by atoms with E-state index in [0.717, 1.165) is 17.2 Å². The Morgan fingerprint density at radius 3 is 2.94 bits per heavy atom. The first-order valence-electron chi connectivity index (χ1n) is 6.94. The van der Waals surface area contributed by atoms with Gasteiger partial charge in [0.1, 0.15) is 5.75 Å². The number of hydrogen-bond donors (Lipinski definition) is 1. The molecule has 1 N–H and O–H groups in total. The van der Waals surface area contributed by atoms with Gasteiger partial charge in [-0.05, 0) is 56.8 Å². The molecule has 1 aromatic rings. The lowest BCUT2D eigenvalue weighted by atomic mass is 9.98. The van der Waals surface area contributed by atoms with Gasteiger partial charge in [0.15, 0.2) is 0 Å². The zero-order valence-electron chi connectivity index (χ0n) is 11.0. The van der Waals surface area contributed by atoms with Gasteiger partial charge in [-0.2, -0.15) is 0 Å². The maximum atomic E-state index is 6.19. The molecule has 1 unspecified atom stereocenters. The molecule has 3 heteroatoms. The van der Waals surface area contributed by atoms with Crippen LogP contribution >= 0.6 is 11.6 Å². The second kappa shape index (κ2) is 7.01. The van der Waals surface area contributed by atoms with Crippen molar-refractivity contribution in [2.75, 3.05) is 13.2 Å². The first-order valence-corrected chi connectivity index (χ1v) is 7.32. The van der Waals surface area contributed by atoms with Gasteiger partial charge >= 0.3 is 0 Å². The first-order chi connectivity index (χ1) is 8.79. The van der Waals surface area contributed by atoms with Crippen LogP contribution in [0.15, 0.2) is 18.2 Å². The summed E-state index contributed by atoms with van der Waals surface area (Å²) in [7, 11) is 0. The minimum Gasteiger partial charge on any atom is -0.492 e. The lowest BCUT2D eigenvalue weighted by molar-refractivity contribution is 0.340. The van der Waals surface area contributed by atoms with Crippen LogP contribution in [0.25, 0.3) is 0 Å². The van der Waals surface area contributed by atoms with E-state index in [-0.39, 0.29) is 0 Å². The Hall–Kier alpha value is -0.730. The third-order valence-corrected chi connectivity index (χ3v) is 3.79. The van der Waals surface area contributed by atoms with E-state index in [1.165, 1.54) is 37.8 Å². The molecule has 1 saturated heterocycles. The van der Waals surface area contributed by atoms with Crippen LogP contribution in [-0.2, 0) is 6.42 Å². The van der Waals surface area contributed by atoms with Crippen LogP contribution in [0.3, 0.4) is 0 Å². The maximum absolute atomic E-state index is 6.19. The average molecular weight is 268 g/mol. The van der Waals surface area contributed by atoms with Crippen molar-refractivity contribution in [1.82, 2.24) is 5.32 Å². The SMILES string of the molecule is CCOc1ccc(CCC2CCCCN2)cc1Cl. The Morgan fingerprint density at radius 2 is 2.28 bits per heavy atom. The van der Waals surface area contributed by atoms with Crippen LogP contribution in [0.4, 0.5) is 0 Å². The highest BCUT2D eigenvalue weighted by Crippen LogP contribution is 2.26. The third-order valence-electron chi connectivity index (χ3n) is 3.49. The number of benzene rings is 1. The van der Waals surface area contributed by atoms with Gasteiger partial charge < -0.3 is 10.1 Å². The zero-order chi connectivity index (χ0) is 12.8. The molecule has 2 rings (SSSR count). The predicted octanol–water partition coefficient (Wildman–Crippen LogP) is 3.81. The number of aryl methyl sites for hydroxylation is 1. The van der Waals surface area contributed by atoms with E-state index in [4.69, 9.17) is 16.3 Å². The van der Waals surface area contributed by atoms with Crippen molar-refractivity contribution in [2.45, 2.75) is 45.1 Å². The molecule has 1 heterocycles. The van der Waals surface area contributed by atoms with Crippen LogP contribution in [0.2, 0.25) is 5.02 Å². The molecule has 0 aliphatic carbocycles. The highest BCUT2D eigenvalue weighted by atomic mass is 35.5. The number of hydrogen-bond acceptors (Lipinski definition) is 2. The topological polar surface area (TPSA) is 21.3 Å². The first kappa shape index (κ1) is 13.7. The molecule has 1 atom stereocenters. The van der Waals surface area contributed by atoms with Crippen LogP contribution in [-0.4, -0.2) is 19.2 Å². The minimum atomic E-state index is 0.658. The Morgan fingerprint density at radius 1 is 1.39 bits per heavy atom. The molecule has 0 aromatic heterocycles. The smallest absolute Gasteiger partial charge is 0.137 e. The lowest BCUT2D eigenvalue weighted by Gasteiger charge is -2.23. The molecule has 1 aliphatic rings. The summed E-state index contributed by atoms with van der Waals surface area (Å²) in [6.07, 6.45) is 6.28. The monoisotopic (exact) mass is 267 g/mol. The summed E-state index contributed by atoms with van der Waals surface area (Å²) >= 11 is 6.19. The third kappa shape index (κ3) is 3.89. The van der Waals surface area contributed by atoms with Crippen LogP contribution in [0.1, 0.15) is 38.2 Å². The number of piperidine rings is 1. The van der Waals surface area contributed by atoms with Gasteiger partial charge in [-0.3, -0.25) is 0 Å². The molecule has 0 radical (unpaired) electrons. The molecule has 1 aliphatic heterocycles. The fraction of sp³-hybridized carbons (Fsp3) is 0.600. The molecule has 1 fully saturated rings. The Balaban J connectivity index is 1.87. The summed E-state index contributed by atoms with van der Waals surface area (Å²) in [6, 6.07) is 6.83. The summed E-state index contributed by atoms with van der Waals surface area (Å²) < 4.78 is 5.44. The van der Waals surface area contributed by atoms with E-state index in [2.05, 4.69) is 11.4 Å². The van der Waals surface area contributed by atoms with Gasteiger partial charge in [-0.1, -0.05) is 24.1 Å². The largest absolute Gasteiger partial charge is 0.492 e. The number of ether oxygens (including phenoxy) is 1. The Labute approximate surface area is 115 Å². The summed E-state index contributed by atoms with van der Waals surface area (Å²) in [5.74, 6) is 0.790. The predicted molar refractivity (Wildman–Crippen MR) is 76.6 cm³/mol. The molecular formula is C15H22ClNO. The molecule has 100 valence electrons. The van der Waals surface area contributed by atoms with Crippen molar-refractivity contribution in [3.05, 3.63) is 28.8 Å². The quantitative estimate of drug-likeness (QED) is 0.876. The average Bonchev–Trinajstić information content (AvgIpc) is 2.41. The van der Waals surface area contributed by atoms with Gasteiger partial charge in [0.25, 0.3) is 0 Å². The molecule has 0 saturated carbocycles. The van der Waals surface area contributed by atoms with E-state index in [9.17, 15) is 0 Å². The number of nitrogens with one attached hydrogen (secondary N) is 1. The summed E-state index contributed by atoms with van der Waals surface area (Å²) in [5, 5.41) is 4.31. The molecule has 1 aromatic carbocycles. The van der Waals surface area contributed by atoms with E-state index in [1.54, 1.807) is 0 Å². The fourth-order valence-electron chi connectivity index (χ4n) is 2.48. The van der Waals surface area contributed by atoms with Crippen LogP contribution in [0.5, 0.6) is 5.75 Å². The maximum Gasteiger partial charge on any atom is 0.137 e. The van der Waals surface area contributed by atoms with Gasteiger partial charge in [0.2, 0.25) is 0 Å². The van der Waals surface area contributed by atoms with Gasteiger partial charge in [0, 0.05) is 6.04 Å². The minimum absolute atomic E-state index is 0.658. The highest BCUT2D eigenvalue weighted by molar-refractivity contribution is 6.32.